The Hall–Kier alpha value is -2.06. The van der Waals surface area contributed by atoms with Gasteiger partial charge in [-0.2, -0.15) is 13.2 Å². The molecule has 1 amide bonds. The van der Waals surface area contributed by atoms with Gasteiger partial charge < -0.3 is 5.32 Å². The third kappa shape index (κ3) is 4.76. The minimum atomic E-state index is -4.56. The van der Waals surface area contributed by atoms with Gasteiger partial charge >= 0.3 is 6.18 Å². The van der Waals surface area contributed by atoms with Crippen LogP contribution in [0.3, 0.4) is 0 Å². The first-order chi connectivity index (χ1) is 11.9. The molecule has 1 N–H and O–H groups in total. The van der Waals surface area contributed by atoms with E-state index in [-0.39, 0.29) is 16.1 Å². The second kappa shape index (κ2) is 7.28. The maximum atomic E-state index is 13.0. The van der Waals surface area contributed by atoms with Crippen LogP contribution in [-0.4, -0.2) is 14.3 Å². The van der Waals surface area contributed by atoms with Crippen molar-refractivity contribution in [1.29, 1.82) is 0 Å². The number of benzene rings is 2. The van der Waals surface area contributed by atoms with E-state index in [1.165, 1.54) is 44.2 Å². The van der Waals surface area contributed by atoms with Crippen molar-refractivity contribution in [2.75, 3.05) is 5.32 Å². The van der Waals surface area contributed by atoms with Crippen LogP contribution < -0.4 is 5.32 Å². The molecule has 0 bridgehead atoms. The normalized spacial score (nSPS) is 12.1. The Morgan fingerprint density at radius 3 is 2.15 bits per heavy atom. The van der Waals surface area contributed by atoms with Gasteiger partial charge in [-0.3, -0.25) is 4.79 Å². The van der Waals surface area contributed by atoms with E-state index >= 15 is 0 Å². The summed E-state index contributed by atoms with van der Waals surface area (Å²) in [4.78, 5) is 12.1. The summed E-state index contributed by atoms with van der Waals surface area (Å²) < 4.78 is 62.1. The van der Waals surface area contributed by atoms with Gasteiger partial charge in [0.1, 0.15) is 0 Å². The molecule has 0 fully saturated rings. The highest BCUT2D eigenvalue weighted by atomic mass is 35.7. The van der Waals surface area contributed by atoms with Crippen molar-refractivity contribution >= 4 is 31.3 Å². The third-order valence-electron chi connectivity index (χ3n) is 3.66. The number of alkyl halides is 3. The minimum Gasteiger partial charge on any atom is -0.326 e. The van der Waals surface area contributed by atoms with Crippen molar-refractivity contribution in [3.63, 3.8) is 0 Å². The summed E-state index contributed by atoms with van der Waals surface area (Å²) >= 11 is 0. The van der Waals surface area contributed by atoms with Crippen molar-refractivity contribution in [2.24, 2.45) is 0 Å². The monoisotopic (exact) mass is 405 g/mol. The Morgan fingerprint density at radius 1 is 1.12 bits per heavy atom. The van der Waals surface area contributed by atoms with Crippen LogP contribution in [0, 0.1) is 13.8 Å². The number of carbonyl (C=O) groups excluding carboxylic acids is 1. The molecule has 0 aliphatic rings. The van der Waals surface area contributed by atoms with Gasteiger partial charge in [-0.25, -0.2) is 8.42 Å². The fraction of sp³-hybridized carbons (Fsp3) is 0.235. The van der Waals surface area contributed by atoms with Gasteiger partial charge in [0.25, 0.3) is 9.05 Å². The summed E-state index contributed by atoms with van der Waals surface area (Å²) in [6.45, 7) is 3.02. The molecule has 9 heteroatoms. The number of hydrogen-bond donors (Lipinski definition) is 1. The van der Waals surface area contributed by atoms with E-state index in [2.05, 4.69) is 5.32 Å². The van der Waals surface area contributed by atoms with E-state index in [9.17, 15) is 26.4 Å². The molecular formula is C17H15ClF3NO3S. The highest BCUT2D eigenvalue weighted by molar-refractivity contribution is 8.13. The van der Waals surface area contributed by atoms with Gasteiger partial charge in [-0.1, -0.05) is 18.2 Å². The summed E-state index contributed by atoms with van der Waals surface area (Å²) in [5, 5.41) is 2.49. The summed E-state index contributed by atoms with van der Waals surface area (Å²) in [5.41, 5.74) is -0.0902. The number of carbonyl (C=O) groups is 1. The molecule has 0 aliphatic heterocycles. The largest absolute Gasteiger partial charge is 0.416 e. The lowest BCUT2D eigenvalue weighted by Gasteiger charge is -2.14. The number of amides is 1. The van der Waals surface area contributed by atoms with Gasteiger partial charge in [0.2, 0.25) is 5.91 Å². The molecule has 0 aromatic heterocycles. The zero-order valence-corrected chi connectivity index (χ0v) is 15.4. The molecule has 0 aliphatic carbocycles. The number of hydrogen-bond acceptors (Lipinski definition) is 3. The van der Waals surface area contributed by atoms with Crippen LogP contribution >= 0.6 is 10.7 Å². The molecule has 0 atom stereocenters. The first-order valence-electron chi connectivity index (χ1n) is 7.40. The van der Waals surface area contributed by atoms with E-state index < -0.39 is 33.1 Å². The highest BCUT2D eigenvalue weighted by Gasteiger charge is 2.33. The lowest BCUT2D eigenvalue weighted by Crippen LogP contribution is -2.18. The molecule has 2 aromatic carbocycles. The molecule has 0 spiro atoms. The van der Waals surface area contributed by atoms with Gasteiger partial charge in [-0.05, 0) is 48.7 Å². The average Bonchev–Trinajstić information content (AvgIpc) is 2.43. The third-order valence-corrected chi connectivity index (χ3v) is 5.26. The minimum absolute atomic E-state index is 0.0559. The van der Waals surface area contributed by atoms with E-state index in [1.54, 1.807) is 0 Å². The van der Waals surface area contributed by atoms with E-state index in [0.717, 1.165) is 6.07 Å². The zero-order chi connectivity index (χ0) is 19.7. The second-order valence-electron chi connectivity index (χ2n) is 5.76. The molecule has 140 valence electrons. The zero-order valence-electron chi connectivity index (χ0n) is 13.8. The quantitative estimate of drug-likeness (QED) is 0.765. The van der Waals surface area contributed by atoms with Crippen LogP contribution in [0.5, 0.6) is 0 Å². The molecule has 0 saturated heterocycles. The molecule has 4 nitrogen and oxygen atoms in total. The Morgan fingerprint density at radius 2 is 1.65 bits per heavy atom. The molecule has 0 heterocycles. The first-order valence-corrected chi connectivity index (χ1v) is 9.71. The van der Waals surface area contributed by atoms with Crippen LogP contribution in [0.15, 0.2) is 41.3 Å². The summed E-state index contributed by atoms with van der Waals surface area (Å²) in [6.07, 6.45) is -5.02. The van der Waals surface area contributed by atoms with Crippen LogP contribution in [0.1, 0.15) is 22.3 Å². The van der Waals surface area contributed by atoms with E-state index in [0.29, 0.717) is 11.1 Å². The summed E-state index contributed by atoms with van der Waals surface area (Å²) in [6, 6.07) is 7.62. The van der Waals surface area contributed by atoms with Crippen molar-refractivity contribution in [3.05, 3.63) is 58.7 Å². The molecule has 0 saturated carbocycles. The SMILES string of the molecule is Cc1cc(NC(=O)Cc2ccccc2C(F)(F)F)cc(C)c1S(=O)(=O)Cl. The van der Waals surface area contributed by atoms with Gasteiger partial charge in [0.05, 0.1) is 16.9 Å². The smallest absolute Gasteiger partial charge is 0.326 e. The first kappa shape index (κ1) is 20.3. The van der Waals surface area contributed by atoms with E-state index in [4.69, 9.17) is 10.7 Å². The predicted octanol–water partition coefficient (Wildman–Crippen LogP) is 4.43. The Balaban J connectivity index is 2.25. The lowest BCUT2D eigenvalue weighted by atomic mass is 10.0. The van der Waals surface area contributed by atoms with E-state index in [1.807, 2.05) is 0 Å². The fourth-order valence-corrected chi connectivity index (χ4v) is 4.35. The fourth-order valence-electron chi connectivity index (χ4n) is 2.74. The topological polar surface area (TPSA) is 63.2 Å². The molecular weight excluding hydrogens is 391 g/mol. The highest BCUT2D eigenvalue weighted by Crippen LogP contribution is 2.32. The number of nitrogens with one attached hydrogen (secondary N) is 1. The molecule has 0 radical (unpaired) electrons. The van der Waals surface area contributed by atoms with Crippen molar-refractivity contribution in [1.82, 2.24) is 0 Å². The Kier molecular flexibility index (Phi) is 5.67. The van der Waals surface area contributed by atoms with Crippen molar-refractivity contribution < 1.29 is 26.4 Å². The molecule has 26 heavy (non-hydrogen) atoms. The van der Waals surface area contributed by atoms with Crippen LogP contribution in [-0.2, 0) is 26.4 Å². The maximum Gasteiger partial charge on any atom is 0.416 e. The maximum absolute atomic E-state index is 13.0. The predicted molar refractivity (Wildman–Crippen MR) is 92.7 cm³/mol. The van der Waals surface area contributed by atoms with Crippen LogP contribution in [0.4, 0.5) is 18.9 Å². The molecule has 2 aromatic rings. The van der Waals surface area contributed by atoms with Crippen LogP contribution in [0.25, 0.3) is 0 Å². The van der Waals surface area contributed by atoms with Crippen LogP contribution in [0.2, 0.25) is 0 Å². The molecule has 0 unspecified atom stereocenters. The van der Waals surface area contributed by atoms with Gasteiger partial charge in [0.15, 0.2) is 0 Å². The summed E-state index contributed by atoms with van der Waals surface area (Å²) in [7, 11) is 1.43. The number of halogens is 4. The number of aryl methyl sites for hydroxylation is 2. The van der Waals surface area contributed by atoms with Gasteiger partial charge in [-0.15, -0.1) is 0 Å². The second-order valence-corrected chi connectivity index (χ2v) is 8.26. The van der Waals surface area contributed by atoms with Crippen molar-refractivity contribution in [2.45, 2.75) is 31.3 Å². The Bertz CT molecular complexity index is 933. The standard InChI is InChI=1S/C17H15ClF3NO3S/c1-10-7-13(8-11(2)16(10)26(18,24)25)22-15(23)9-12-5-3-4-6-14(12)17(19,20)21/h3-8H,9H2,1-2H3,(H,22,23). The molecule has 2 rings (SSSR count). The average molecular weight is 406 g/mol. The lowest BCUT2D eigenvalue weighted by molar-refractivity contribution is -0.138. The number of anilines is 1. The van der Waals surface area contributed by atoms with Crippen molar-refractivity contribution in [3.8, 4) is 0 Å². The summed E-state index contributed by atoms with van der Waals surface area (Å²) in [5.74, 6) is -0.651. The Labute approximate surface area is 153 Å². The number of rotatable bonds is 4. The van der Waals surface area contributed by atoms with Gasteiger partial charge in [0, 0.05) is 16.4 Å².